The van der Waals surface area contributed by atoms with Gasteiger partial charge in [0, 0.05) is 45.3 Å². The van der Waals surface area contributed by atoms with Gasteiger partial charge < -0.3 is 14.5 Å². The number of methoxy groups -OCH3 is 1. The van der Waals surface area contributed by atoms with E-state index in [2.05, 4.69) is 5.10 Å². The monoisotopic (exact) mass is 320 g/mol. The van der Waals surface area contributed by atoms with Gasteiger partial charge >= 0.3 is 0 Å². The zero-order chi connectivity index (χ0) is 16.4. The lowest BCUT2D eigenvalue weighted by atomic mass is 9.95. The highest BCUT2D eigenvalue weighted by molar-refractivity contribution is 5.96. The Morgan fingerprint density at radius 2 is 1.78 bits per heavy atom. The zero-order valence-corrected chi connectivity index (χ0v) is 13.8. The van der Waals surface area contributed by atoms with Crippen LogP contribution in [0.1, 0.15) is 36.0 Å². The van der Waals surface area contributed by atoms with Gasteiger partial charge in [-0.3, -0.25) is 14.3 Å². The van der Waals surface area contributed by atoms with E-state index in [-0.39, 0.29) is 17.7 Å². The summed E-state index contributed by atoms with van der Waals surface area (Å²) in [4.78, 5) is 28.8. The van der Waals surface area contributed by atoms with Gasteiger partial charge in [0.05, 0.1) is 7.11 Å². The molecular weight excluding hydrogens is 296 g/mol. The van der Waals surface area contributed by atoms with Crippen LogP contribution < -0.4 is 4.74 Å². The van der Waals surface area contributed by atoms with E-state index in [1.165, 1.54) is 7.11 Å². The summed E-state index contributed by atoms with van der Waals surface area (Å²) in [6.45, 7) is 3.01. The van der Waals surface area contributed by atoms with E-state index in [9.17, 15) is 9.59 Å². The fourth-order valence-electron chi connectivity index (χ4n) is 3.46. The van der Waals surface area contributed by atoms with Crippen LogP contribution in [-0.4, -0.2) is 64.7 Å². The number of piperidine rings is 1. The molecule has 7 heteroatoms. The molecule has 2 amide bonds. The number of aromatic nitrogens is 2. The summed E-state index contributed by atoms with van der Waals surface area (Å²) >= 11 is 0. The average molecular weight is 320 g/mol. The number of likely N-dealkylation sites (tertiary alicyclic amines) is 2. The Kier molecular flexibility index (Phi) is 4.54. The SMILES string of the molecule is COc1nn(C)cc1C(=O)N1CCC(C(=O)N2CCCC2)CC1. The Hall–Kier alpha value is -2.05. The molecule has 23 heavy (non-hydrogen) atoms. The number of hydrogen-bond donors (Lipinski definition) is 0. The third-order valence-electron chi connectivity index (χ3n) is 4.77. The van der Waals surface area contributed by atoms with Crippen LogP contribution in [0.2, 0.25) is 0 Å². The van der Waals surface area contributed by atoms with Crippen molar-refractivity contribution in [2.75, 3.05) is 33.3 Å². The Bertz CT molecular complexity index is 584. The minimum Gasteiger partial charge on any atom is -0.479 e. The van der Waals surface area contributed by atoms with Crippen LogP contribution in [0, 0.1) is 5.92 Å². The standard InChI is InChI=1S/C16H24N4O3/c1-18-11-13(14(17-18)23-2)16(22)20-9-5-12(6-10-20)15(21)19-7-3-4-8-19/h11-12H,3-10H2,1-2H3. The first-order chi connectivity index (χ1) is 11.1. The van der Waals surface area contributed by atoms with Gasteiger partial charge in [-0.2, -0.15) is 0 Å². The lowest BCUT2D eigenvalue weighted by molar-refractivity contribution is -0.135. The molecule has 2 aliphatic rings. The molecule has 126 valence electrons. The maximum absolute atomic E-state index is 12.6. The maximum Gasteiger partial charge on any atom is 0.260 e. The second-order valence-electron chi connectivity index (χ2n) is 6.32. The quantitative estimate of drug-likeness (QED) is 0.830. The predicted octanol–water partition coefficient (Wildman–Crippen LogP) is 0.903. The van der Waals surface area contributed by atoms with Crippen molar-refractivity contribution in [1.29, 1.82) is 0 Å². The van der Waals surface area contributed by atoms with E-state index in [1.807, 2.05) is 4.90 Å². The van der Waals surface area contributed by atoms with Gasteiger partial charge in [0.15, 0.2) is 0 Å². The molecule has 1 aromatic rings. The molecule has 0 aliphatic carbocycles. The summed E-state index contributed by atoms with van der Waals surface area (Å²) in [5.41, 5.74) is 0.485. The average Bonchev–Trinajstić information content (AvgIpc) is 3.23. The highest BCUT2D eigenvalue weighted by atomic mass is 16.5. The van der Waals surface area contributed by atoms with E-state index < -0.39 is 0 Å². The first kappa shape index (κ1) is 15.8. The molecule has 1 aromatic heterocycles. The third-order valence-corrected chi connectivity index (χ3v) is 4.77. The van der Waals surface area contributed by atoms with Crippen LogP contribution in [0.5, 0.6) is 5.88 Å². The number of carbonyl (C=O) groups is 2. The Morgan fingerprint density at radius 3 is 2.39 bits per heavy atom. The van der Waals surface area contributed by atoms with E-state index in [0.29, 0.717) is 24.5 Å². The van der Waals surface area contributed by atoms with Gasteiger partial charge in [-0.25, -0.2) is 0 Å². The van der Waals surface area contributed by atoms with E-state index in [0.717, 1.165) is 38.8 Å². The fraction of sp³-hybridized carbons (Fsp3) is 0.688. The second kappa shape index (κ2) is 6.60. The van der Waals surface area contributed by atoms with Crippen molar-refractivity contribution in [3.05, 3.63) is 11.8 Å². The van der Waals surface area contributed by atoms with E-state index >= 15 is 0 Å². The number of aryl methyl sites for hydroxylation is 1. The van der Waals surface area contributed by atoms with Crippen molar-refractivity contribution in [2.24, 2.45) is 13.0 Å². The van der Waals surface area contributed by atoms with Crippen LogP contribution in [0.4, 0.5) is 0 Å². The fourth-order valence-corrected chi connectivity index (χ4v) is 3.46. The molecule has 0 aromatic carbocycles. The highest BCUT2D eigenvalue weighted by Crippen LogP contribution is 2.25. The molecule has 2 aliphatic heterocycles. The normalized spacial score (nSPS) is 19.2. The number of carbonyl (C=O) groups excluding carboxylic acids is 2. The molecule has 2 fully saturated rings. The van der Waals surface area contributed by atoms with Crippen molar-refractivity contribution in [3.8, 4) is 5.88 Å². The number of amides is 2. The second-order valence-corrected chi connectivity index (χ2v) is 6.32. The molecular formula is C16H24N4O3. The van der Waals surface area contributed by atoms with Gasteiger partial charge in [-0.15, -0.1) is 5.10 Å². The summed E-state index contributed by atoms with van der Waals surface area (Å²) < 4.78 is 6.74. The summed E-state index contributed by atoms with van der Waals surface area (Å²) in [6, 6.07) is 0. The highest BCUT2D eigenvalue weighted by Gasteiger charge is 2.32. The molecule has 0 N–H and O–H groups in total. The molecule has 7 nitrogen and oxygen atoms in total. The van der Waals surface area contributed by atoms with E-state index in [1.54, 1.807) is 22.8 Å². The lowest BCUT2D eigenvalue weighted by Gasteiger charge is -2.33. The van der Waals surface area contributed by atoms with Crippen LogP contribution in [0.25, 0.3) is 0 Å². The molecule has 0 radical (unpaired) electrons. The first-order valence-corrected chi connectivity index (χ1v) is 8.26. The van der Waals surface area contributed by atoms with Crippen molar-refractivity contribution in [3.63, 3.8) is 0 Å². The van der Waals surface area contributed by atoms with Crippen LogP contribution >= 0.6 is 0 Å². The molecule has 0 saturated carbocycles. The largest absolute Gasteiger partial charge is 0.479 e. The van der Waals surface area contributed by atoms with Crippen molar-refractivity contribution >= 4 is 11.8 Å². The van der Waals surface area contributed by atoms with E-state index in [4.69, 9.17) is 4.74 Å². The molecule has 0 atom stereocenters. The minimum atomic E-state index is -0.0676. The van der Waals surface area contributed by atoms with Gasteiger partial charge in [0.1, 0.15) is 5.56 Å². The maximum atomic E-state index is 12.6. The van der Waals surface area contributed by atoms with Crippen LogP contribution in [-0.2, 0) is 11.8 Å². The Morgan fingerprint density at radius 1 is 1.13 bits per heavy atom. The topological polar surface area (TPSA) is 67.7 Å². The minimum absolute atomic E-state index is 0.0629. The number of nitrogens with zero attached hydrogens (tertiary/aromatic N) is 4. The van der Waals surface area contributed by atoms with Crippen molar-refractivity contribution in [1.82, 2.24) is 19.6 Å². The summed E-state index contributed by atoms with van der Waals surface area (Å²) in [5, 5.41) is 4.13. The molecule has 3 rings (SSSR count). The van der Waals surface area contributed by atoms with Gasteiger partial charge in [-0.1, -0.05) is 0 Å². The van der Waals surface area contributed by atoms with Crippen LogP contribution in [0.15, 0.2) is 6.20 Å². The van der Waals surface area contributed by atoms with Gasteiger partial charge in [-0.05, 0) is 25.7 Å². The molecule has 0 spiro atoms. The Balaban J connectivity index is 1.60. The Labute approximate surface area is 136 Å². The van der Waals surface area contributed by atoms with Crippen molar-refractivity contribution < 1.29 is 14.3 Å². The molecule has 0 bridgehead atoms. The smallest absolute Gasteiger partial charge is 0.260 e. The summed E-state index contributed by atoms with van der Waals surface area (Å²) in [6.07, 6.45) is 5.39. The number of ether oxygens (including phenoxy) is 1. The van der Waals surface area contributed by atoms with Gasteiger partial charge in [0.25, 0.3) is 5.91 Å². The number of rotatable bonds is 3. The third kappa shape index (κ3) is 3.18. The molecule has 0 unspecified atom stereocenters. The number of hydrogen-bond acceptors (Lipinski definition) is 4. The molecule has 2 saturated heterocycles. The zero-order valence-electron chi connectivity index (χ0n) is 13.8. The predicted molar refractivity (Wildman–Crippen MR) is 84.2 cm³/mol. The first-order valence-electron chi connectivity index (χ1n) is 8.26. The summed E-state index contributed by atoms with van der Waals surface area (Å²) in [5.74, 6) is 0.622. The van der Waals surface area contributed by atoms with Crippen molar-refractivity contribution in [2.45, 2.75) is 25.7 Å². The molecule has 3 heterocycles. The summed E-state index contributed by atoms with van der Waals surface area (Å²) in [7, 11) is 3.28. The lowest BCUT2D eigenvalue weighted by Crippen LogP contribution is -2.43. The van der Waals surface area contributed by atoms with Gasteiger partial charge in [0.2, 0.25) is 11.8 Å². The van der Waals surface area contributed by atoms with Crippen LogP contribution in [0.3, 0.4) is 0 Å².